The molecule has 2 unspecified atom stereocenters. The van der Waals surface area contributed by atoms with Gasteiger partial charge in [0.2, 0.25) is 10.0 Å². The Bertz CT molecular complexity index is 432. The number of H-pyrrole nitrogens is 1. The van der Waals surface area contributed by atoms with Crippen LogP contribution in [-0.2, 0) is 10.0 Å². The maximum absolute atomic E-state index is 11.7. The SMILES string of the molecule is O=S(=O)(NCC1CCC(Br)C1)c1cn[nH]c1. The van der Waals surface area contributed by atoms with Crippen LogP contribution in [0.4, 0.5) is 0 Å². The van der Waals surface area contributed by atoms with Crippen LogP contribution in [0.5, 0.6) is 0 Å². The van der Waals surface area contributed by atoms with Crippen molar-refractivity contribution in [2.45, 2.75) is 29.0 Å². The highest BCUT2D eigenvalue weighted by Gasteiger charge is 2.24. The van der Waals surface area contributed by atoms with E-state index >= 15 is 0 Å². The number of aromatic amines is 1. The summed E-state index contributed by atoms with van der Waals surface area (Å²) in [5.41, 5.74) is 0. The highest BCUT2D eigenvalue weighted by atomic mass is 79.9. The summed E-state index contributed by atoms with van der Waals surface area (Å²) in [4.78, 5) is 0.733. The topological polar surface area (TPSA) is 74.8 Å². The summed E-state index contributed by atoms with van der Waals surface area (Å²) in [6.07, 6.45) is 5.92. The van der Waals surface area contributed by atoms with E-state index in [4.69, 9.17) is 0 Å². The van der Waals surface area contributed by atoms with Gasteiger partial charge in [0.15, 0.2) is 0 Å². The van der Waals surface area contributed by atoms with Crippen LogP contribution in [0, 0.1) is 5.92 Å². The predicted molar refractivity (Wildman–Crippen MR) is 63.8 cm³/mol. The number of hydrogen-bond acceptors (Lipinski definition) is 3. The number of hydrogen-bond donors (Lipinski definition) is 2. The number of aromatic nitrogens is 2. The van der Waals surface area contributed by atoms with Gasteiger partial charge in [0, 0.05) is 17.6 Å². The van der Waals surface area contributed by atoms with Gasteiger partial charge >= 0.3 is 0 Å². The zero-order valence-corrected chi connectivity index (χ0v) is 11.1. The predicted octanol–water partition coefficient (Wildman–Crippen LogP) is 1.25. The number of rotatable bonds is 4. The molecule has 90 valence electrons. The second kappa shape index (κ2) is 4.85. The molecule has 0 amide bonds. The Hall–Kier alpha value is -0.400. The van der Waals surface area contributed by atoms with E-state index in [2.05, 4.69) is 30.8 Å². The molecule has 1 aromatic heterocycles. The molecule has 7 heteroatoms. The molecule has 1 aliphatic rings. The molecule has 2 N–H and O–H groups in total. The van der Waals surface area contributed by atoms with Gasteiger partial charge in [0.1, 0.15) is 4.90 Å². The Morgan fingerprint density at radius 2 is 2.38 bits per heavy atom. The molecule has 0 radical (unpaired) electrons. The molecule has 5 nitrogen and oxygen atoms in total. The van der Waals surface area contributed by atoms with Gasteiger partial charge < -0.3 is 0 Å². The van der Waals surface area contributed by atoms with E-state index in [1.807, 2.05) is 0 Å². The molecule has 2 atom stereocenters. The first-order valence-electron chi connectivity index (χ1n) is 5.20. The Balaban J connectivity index is 1.91. The lowest BCUT2D eigenvalue weighted by Crippen LogP contribution is -2.28. The Morgan fingerprint density at radius 3 is 2.94 bits per heavy atom. The first-order chi connectivity index (χ1) is 7.58. The van der Waals surface area contributed by atoms with Crippen molar-refractivity contribution < 1.29 is 8.42 Å². The molecule has 0 aromatic carbocycles. The maximum atomic E-state index is 11.7. The third-order valence-corrected chi connectivity index (χ3v) is 5.04. The molecular formula is C9H14BrN3O2S. The molecule has 0 bridgehead atoms. The quantitative estimate of drug-likeness (QED) is 0.822. The van der Waals surface area contributed by atoms with Crippen LogP contribution >= 0.6 is 15.9 Å². The van der Waals surface area contributed by atoms with E-state index in [0.717, 1.165) is 19.3 Å². The van der Waals surface area contributed by atoms with Crippen molar-refractivity contribution >= 4 is 26.0 Å². The van der Waals surface area contributed by atoms with Crippen molar-refractivity contribution in [3.8, 4) is 0 Å². The van der Waals surface area contributed by atoms with Crippen molar-refractivity contribution in [2.24, 2.45) is 5.92 Å². The molecule has 1 heterocycles. The van der Waals surface area contributed by atoms with Crippen LogP contribution in [0.2, 0.25) is 0 Å². The van der Waals surface area contributed by atoms with E-state index < -0.39 is 10.0 Å². The number of nitrogens with zero attached hydrogens (tertiary/aromatic N) is 1. The minimum atomic E-state index is -3.38. The summed E-state index contributed by atoms with van der Waals surface area (Å²) in [7, 11) is -3.38. The standard InChI is InChI=1S/C9H14BrN3O2S/c10-8-2-1-7(3-8)4-13-16(14,15)9-5-11-12-6-9/h5-8,13H,1-4H2,(H,11,12). The Kier molecular flexibility index (Phi) is 3.66. The molecular weight excluding hydrogens is 294 g/mol. The Labute approximate surface area is 103 Å². The zero-order chi connectivity index (χ0) is 11.6. The Morgan fingerprint density at radius 1 is 1.56 bits per heavy atom. The molecule has 1 saturated carbocycles. The first-order valence-corrected chi connectivity index (χ1v) is 7.60. The van der Waals surface area contributed by atoms with E-state index in [9.17, 15) is 8.42 Å². The minimum absolute atomic E-state index is 0.195. The lowest BCUT2D eigenvalue weighted by Gasteiger charge is -2.10. The van der Waals surface area contributed by atoms with E-state index in [1.165, 1.54) is 12.4 Å². The lowest BCUT2D eigenvalue weighted by atomic mass is 10.1. The van der Waals surface area contributed by atoms with Crippen LogP contribution < -0.4 is 4.72 Å². The van der Waals surface area contributed by atoms with Gasteiger partial charge in [-0.05, 0) is 25.2 Å². The summed E-state index contributed by atoms with van der Waals surface area (Å²) >= 11 is 3.55. The maximum Gasteiger partial charge on any atom is 0.243 e. The number of nitrogens with one attached hydrogen (secondary N) is 2. The average Bonchev–Trinajstić information content (AvgIpc) is 2.85. The number of sulfonamides is 1. The smallest absolute Gasteiger partial charge is 0.243 e. The third kappa shape index (κ3) is 2.83. The van der Waals surface area contributed by atoms with Gasteiger partial charge in [0.25, 0.3) is 0 Å². The second-order valence-corrected chi connectivity index (χ2v) is 7.12. The van der Waals surface area contributed by atoms with E-state index in [-0.39, 0.29) is 4.90 Å². The summed E-state index contributed by atoms with van der Waals surface area (Å²) in [5, 5.41) is 6.12. The van der Waals surface area contributed by atoms with Gasteiger partial charge in [-0.2, -0.15) is 5.10 Å². The van der Waals surface area contributed by atoms with Crippen molar-refractivity contribution in [3.63, 3.8) is 0 Å². The number of alkyl halides is 1. The fourth-order valence-corrected chi connectivity index (χ4v) is 3.71. The fourth-order valence-electron chi connectivity index (χ4n) is 1.90. The average molecular weight is 308 g/mol. The molecule has 0 saturated heterocycles. The highest BCUT2D eigenvalue weighted by molar-refractivity contribution is 9.09. The van der Waals surface area contributed by atoms with Crippen LogP contribution in [0.25, 0.3) is 0 Å². The van der Waals surface area contributed by atoms with Gasteiger partial charge in [0.05, 0.1) is 6.20 Å². The molecule has 16 heavy (non-hydrogen) atoms. The summed E-state index contributed by atoms with van der Waals surface area (Å²) in [5.74, 6) is 0.436. The molecule has 0 spiro atoms. The van der Waals surface area contributed by atoms with Crippen molar-refractivity contribution in [3.05, 3.63) is 12.4 Å². The normalized spacial score (nSPS) is 26.1. The third-order valence-electron chi connectivity index (χ3n) is 2.82. The molecule has 0 aliphatic heterocycles. The van der Waals surface area contributed by atoms with Crippen LogP contribution in [0.3, 0.4) is 0 Å². The molecule has 2 rings (SSSR count). The fraction of sp³-hybridized carbons (Fsp3) is 0.667. The van der Waals surface area contributed by atoms with Crippen LogP contribution in [0.15, 0.2) is 17.3 Å². The van der Waals surface area contributed by atoms with Gasteiger partial charge in [-0.3, -0.25) is 5.10 Å². The summed E-state index contributed by atoms with van der Waals surface area (Å²) in [6, 6.07) is 0. The largest absolute Gasteiger partial charge is 0.284 e. The minimum Gasteiger partial charge on any atom is -0.284 e. The van der Waals surface area contributed by atoms with Crippen molar-refractivity contribution in [2.75, 3.05) is 6.54 Å². The summed E-state index contributed by atoms with van der Waals surface area (Å²) < 4.78 is 26.1. The second-order valence-electron chi connectivity index (χ2n) is 4.06. The molecule has 1 aromatic rings. The zero-order valence-electron chi connectivity index (χ0n) is 8.69. The monoisotopic (exact) mass is 307 g/mol. The van der Waals surface area contributed by atoms with E-state index in [1.54, 1.807) is 0 Å². The summed E-state index contributed by atoms with van der Waals surface area (Å²) in [6.45, 7) is 0.510. The molecule has 1 fully saturated rings. The van der Waals surface area contributed by atoms with Gasteiger partial charge in [-0.1, -0.05) is 15.9 Å². The lowest BCUT2D eigenvalue weighted by molar-refractivity contribution is 0.521. The first kappa shape index (κ1) is 12.1. The van der Waals surface area contributed by atoms with Crippen LogP contribution in [-0.4, -0.2) is 30.0 Å². The van der Waals surface area contributed by atoms with Crippen LogP contribution in [0.1, 0.15) is 19.3 Å². The van der Waals surface area contributed by atoms with Gasteiger partial charge in [-0.25, -0.2) is 13.1 Å². The number of halogens is 1. The van der Waals surface area contributed by atoms with Gasteiger partial charge in [-0.15, -0.1) is 0 Å². The molecule has 1 aliphatic carbocycles. The highest BCUT2D eigenvalue weighted by Crippen LogP contribution is 2.30. The van der Waals surface area contributed by atoms with Crippen molar-refractivity contribution in [1.82, 2.24) is 14.9 Å². The van der Waals surface area contributed by atoms with Crippen molar-refractivity contribution in [1.29, 1.82) is 0 Å². The van der Waals surface area contributed by atoms with E-state index in [0.29, 0.717) is 17.3 Å².